The molecule has 0 atom stereocenters. The molecule has 2 aliphatic rings. The van der Waals surface area contributed by atoms with Crippen LogP contribution in [0, 0.1) is 6.92 Å². The van der Waals surface area contributed by atoms with Crippen LogP contribution < -0.4 is 26.0 Å². The fraction of sp³-hybridized carbons (Fsp3) is 0.0323. The highest BCUT2D eigenvalue weighted by atomic mass is 16.5. The first kappa shape index (κ1) is 19.3. The van der Waals surface area contributed by atoms with Gasteiger partial charge in [-0.1, -0.05) is 84.9 Å². The summed E-state index contributed by atoms with van der Waals surface area (Å²) in [6.45, 7) is 2.30. The molecule has 2 heterocycles. The molecule has 3 heteroatoms. The van der Waals surface area contributed by atoms with Crippen molar-refractivity contribution in [1.29, 1.82) is 0 Å². The van der Waals surface area contributed by atoms with E-state index in [9.17, 15) is 0 Å². The lowest BCUT2D eigenvalue weighted by Gasteiger charge is -2.40. The van der Waals surface area contributed by atoms with E-state index in [1.807, 2.05) is 0 Å². The number of rotatable bonds is 2. The van der Waals surface area contributed by atoms with E-state index < -0.39 is 0 Å². The van der Waals surface area contributed by atoms with Crippen molar-refractivity contribution in [2.75, 3.05) is 4.90 Å². The Hall–Kier alpha value is -4.24. The van der Waals surface area contributed by atoms with Crippen LogP contribution in [0.5, 0.6) is 11.5 Å². The largest absolute Gasteiger partial charge is 0.458 e. The maximum Gasteiger partial charge on any atom is 0.256 e. The van der Waals surface area contributed by atoms with E-state index in [-0.39, 0.29) is 6.71 Å². The molecule has 160 valence electrons. The standard InChI is InChI=1S/C31H22BNO/c1-21-19-28-31-30(20-21)34-29-18-10-7-15-25(29)32(31)24-14-6-9-17-27(24)33(28)26-16-8-5-13-23(26)22-11-3-2-4-12-22/h2-20H,1H3. The minimum Gasteiger partial charge on any atom is -0.458 e. The van der Waals surface area contributed by atoms with Gasteiger partial charge in [-0.2, -0.15) is 0 Å². The van der Waals surface area contributed by atoms with Crippen LogP contribution in [-0.4, -0.2) is 6.71 Å². The van der Waals surface area contributed by atoms with Crippen molar-refractivity contribution in [3.63, 3.8) is 0 Å². The number of para-hydroxylation sites is 3. The van der Waals surface area contributed by atoms with E-state index in [2.05, 4.69) is 127 Å². The molecule has 0 unspecified atom stereocenters. The maximum absolute atomic E-state index is 6.49. The molecule has 0 saturated carbocycles. The molecule has 0 bridgehead atoms. The Morgan fingerprint density at radius 3 is 2.12 bits per heavy atom. The summed E-state index contributed by atoms with van der Waals surface area (Å²) in [5, 5.41) is 0. The second-order valence-corrected chi connectivity index (χ2v) is 9.05. The number of anilines is 3. The minimum atomic E-state index is 0.145. The van der Waals surface area contributed by atoms with Crippen LogP contribution in [0.2, 0.25) is 0 Å². The van der Waals surface area contributed by atoms with Crippen molar-refractivity contribution in [3.05, 3.63) is 121 Å². The summed E-state index contributed by atoms with van der Waals surface area (Å²) < 4.78 is 6.49. The van der Waals surface area contributed by atoms with Crippen molar-refractivity contribution < 1.29 is 4.74 Å². The third kappa shape index (κ3) is 2.77. The van der Waals surface area contributed by atoms with Crippen molar-refractivity contribution in [1.82, 2.24) is 0 Å². The fourth-order valence-electron chi connectivity index (χ4n) is 5.57. The molecule has 5 aromatic rings. The van der Waals surface area contributed by atoms with Crippen molar-refractivity contribution in [3.8, 4) is 22.6 Å². The van der Waals surface area contributed by atoms with E-state index >= 15 is 0 Å². The van der Waals surface area contributed by atoms with Crippen molar-refractivity contribution in [2.45, 2.75) is 6.92 Å². The number of ether oxygens (including phenoxy) is 1. The summed E-state index contributed by atoms with van der Waals surface area (Å²) in [5.74, 6) is 1.90. The molecule has 0 N–H and O–H groups in total. The number of hydrogen-bond donors (Lipinski definition) is 0. The van der Waals surface area contributed by atoms with Crippen molar-refractivity contribution in [2.24, 2.45) is 0 Å². The second kappa shape index (κ2) is 7.39. The smallest absolute Gasteiger partial charge is 0.256 e. The van der Waals surface area contributed by atoms with E-state index in [0.29, 0.717) is 0 Å². The summed E-state index contributed by atoms with van der Waals surface area (Å²) in [6.07, 6.45) is 0. The molecule has 0 fully saturated rings. The SMILES string of the molecule is Cc1cc2c3c(c1)N(c1ccccc1-c1ccccc1)c1ccccc1B3c1ccccc1O2. The molecule has 0 aliphatic carbocycles. The lowest BCUT2D eigenvalue weighted by molar-refractivity contribution is 0.487. The van der Waals surface area contributed by atoms with E-state index in [0.717, 1.165) is 11.5 Å². The normalized spacial score (nSPS) is 13.0. The molecule has 0 radical (unpaired) electrons. The van der Waals surface area contributed by atoms with Crippen LogP contribution in [0.25, 0.3) is 11.1 Å². The monoisotopic (exact) mass is 435 g/mol. The highest BCUT2D eigenvalue weighted by molar-refractivity contribution is 6.99. The number of nitrogens with zero attached hydrogens (tertiary/aromatic N) is 1. The summed E-state index contributed by atoms with van der Waals surface area (Å²) in [7, 11) is 0. The van der Waals surface area contributed by atoms with Gasteiger partial charge in [-0.05, 0) is 64.8 Å². The third-order valence-corrected chi connectivity index (χ3v) is 6.96. The van der Waals surface area contributed by atoms with Crippen LogP contribution >= 0.6 is 0 Å². The van der Waals surface area contributed by atoms with Gasteiger partial charge >= 0.3 is 0 Å². The lowest BCUT2D eigenvalue weighted by atomic mass is 9.34. The predicted molar refractivity (Wildman–Crippen MR) is 142 cm³/mol. The third-order valence-electron chi connectivity index (χ3n) is 6.96. The average molecular weight is 435 g/mol. The highest BCUT2D eigenvalue weighted by Gasteiger charge is 2.41. The van der Waals surface area contributed by atoms with Gasteiger partial charge in [0.15, 0.2) is 0 Å². The first-order chi connectivity index (χ1) is 16.8. The van der Waals surface area contributed by atoms with Gasteiger partial charge in [-0.15, -0.1) is 0 Å². The van der Waals surface area contributed by atoms with Crippen LogP contribution in [0.1, 0.15) is 5.56 Å². The molecular weight excluding hydrogens is 413 g/mol. The van der Waals surface area contributed by atoms with Gasteiger partial charge in [0, 0.05) is 16.9 Å². The van der Waals surface area contributed by atoms with Crippen LogP contribution in [0.3, 0.4) is 0 Å². The fourth-order valence-corrected chi connectivity index (χ4v) is 5.57. The van der Waals surface area contributed by atoms with Crippen molar-refractivity contribution >= 4 is 40.2 Å². The predicted octanol–water partition coefficient (Wildman–Crippen LogP) is 6.07. The molecule has 0 amide bonds. The molecular formula is C31H22BNO. The summed E-state index contributed by atoms with van der Waals surface area (Å²) in [6, 6.07) is 41.1. The number of aryl methyl sites for hydroxylation is 1. The summed E-state index contributed by atoms with van der Waals surface area (Å²) in [4.78, 5) is 2.43. The van der Waals surface area contributed by atoms with Gasteiger partial charge < -0.3 is 9.64 Å². The van der Waals surface area contributed by atoms with Gasteiger partial charge in [0.2, 0.25) is 0 Å². The van der Waals surface area contributed by atoms with Gasteiger partial charge in [-0.25, -0.2) is 0 Å². The van der Waals surface area contributed by atoms with Gasteiger partial charge in [-0.3, -0.25) is 0 Å². The topological polar surface area (TPSA) is 12.5 Å². The first-order valence-electron chi connectivity index (χ1n) is 11.7. The van der Waals surface area contributed by atoms with E-state index in [1.54, 1.807) is 0 Å². The molecule has 2 nitrogen and oxygen atoms in total. The molecule has 0 saturated heterocycles. The van der Waals surface area contributed by atoms with Crippen LogP contribution in [0.4, 0.5) is 17.1 Å². The van der Waals surface area contributed by atoms with Gasteiger partial charge in [0.05, 0.1) is 5.69 Å². The van der Waals surface area contributed by atoms with E-state index in [1.165, 1.54) is 50.1 Å². The highest BCUT2D eigenvalue weighted by Crippen LogP contribution is 2.44. The molecule has 0 spiro atoms. The Morgan fingerprint density at radius 2 is 1.26 bits per heavy atom. The molecule has 0 aromatic heterocycles. The minimum absolute atomic E-state index is 0.145. The quantitative estimate of drug-likeness (QED) is 0.306. The Kier molecular flexibility index (Phi) is 4.19. The van der Waals surface area contributed by atoms with Crippen LogP contribution in [0.15, 0.2) is 115 Å². The number of fused-ring (bicyclic) bond motifs is 4. The Bertz CT molecular complexity index is 1560. The Morgan fingerprint density at radius 1 is 0.588 bits per heavy atom. The zero-order valence-electron chi connectivity index (χ0n) is 18.9. The second-order valence-electron chi connectivity index (χ2n) is 9.05. The molecule has 34 heavy (non-hydrogen) atoms. The first-order valence-corrected chi connectivity index (χ1v) is 11.7. The summed E-state index contributed by atoms with van der Waals surface area (Å²) in [5.41, 5.74) is 11.0. The Labute approximate surface area is 200 Å². The molecule has 5 aromatic carbocycles. The van der Waals surface area contributed by atoms with E-state index in [4.69, 9.17) is 4.74 Å². The number of benzene rings is 5. The lowest BCUT2D eigenvalue weighted by Crippen LogP contribution is -2.59. The number of hydrogen-bond acceptors (Lipinski definition) is 2. The van der Waals surface area contributed by atoms with Crippen LogP contribution in [-0.2, 0) is 0 Å². The summed E-state index contributed by atoms with van der Waals surface area (Å²) >= 11 is 0. The Balaban J connectivity index is 1.55. The molecule has 7 rings (SSSR count). The zero-order chi connectivity index (χ0) is 22.6. The average Bonchev–Trinajstić information content (AvgIpc) is 2.89. The molecule has 2 aliphatic heterocycles. The zero-order valence-corrected chi connectivity index (χ0v) is 18.9. The van der Waals surface area contributed by atoms with Gasteiger partial charge in [0.25, 0.3) is 6.71 Å². The van der Waals surface area contributed by atoms with Gasteiger partial charge in [0.1, 0.15) is 11.5 Å². The maximum atomic E-state index is 6.49.